The Morgan fingerprint density at radius 1 is 1.04 bits per heavy atom. The maximum Gasteiger partial charge on any atom is 0.218 e. The highest BCUT2D eigenvalue weighted by Gasteiger charge is 2.08. The summed E-state index contributed by atoms with van der Waals surface area (Å²) in [4.78, 5) is 13.5. The van der Waals surface area contributed by atoms with Gasteiger partial charge >= 0.3 is 0 Å². The molecule has 0 saturated heterocycles. The molecule has 4 aromatic rings. The maximum atomic E-state index is 5.18. The summed E-state index contributed by atoms with van der Waals surface area (Å²) in [5, 5.41) is 4.46. The molecular formula is C19H18N6O. The number of methoxy groups -OCH3 is 1. The van der Waals surface area contributed by atoms with Gasteiger partial charge in [-0.1, -0.05) is 30.3 Å². The summed E-state index contributed by atoms with van der Waals surface area (Å²) in [6.07, 6.45) is 5.75. The Labute approximate surface area is 150 Å². The van der Waals surface area contributed by atoms with Crippen LogP contribution in [0.1, 0.15) is 17.5 Å². The predicted molar refractivity (Wildman–Crippen MR) is 99.6 cm³/mol. The van der Waals surface area contributed by atoms with E-state index in [-0.39, 0.29) is 0 Å². The van der Waals surface area contributed by atoms with Crippen molar-refractivity contribution in [3.05, 3.63) is 60.1 Å². The second-order valence-corrected chi connectivity index (χ2v) is 5.88. The van der Waals surface area contributed by atoms with Crippen LogP contribution in [0, 0.1) is 6.92 Å². The number of benzene rings is 1. The summed E-state index contributed by atoms with van der Waals surface area (Å²) in [5.41, 5.74) is 2.71. The fourth-order valence-corrected chi connectivity index (χ4v) is 2.73. The van der Waals surface area contributed by atoms with Gasteiger partial charge in [-0.3, -0.25) is 0 Å². The van der Waals surface area contributed by atoms with Crippen LogP contribution in [0.2, 0.25) is 0 Å². The topological polar surface area (TPSA) is 70.1 Å². The van der Waals surface area contributed by atoms with Crippen LogP contribution >= 0.6 is 0 Å². The zero-order valence-corrected chi connectivity index (χ0v) is 14.8. The quantitative estimate of drug-likeness (QED) is 0.568. The highest BCUT2D eigenvalue weighted by atomic mass is 16.5. The molecule has 26 heavy (non-hydrogen) atoms. The Balaban J connectivity index is 1.65. The lowest BCUT2D eigenvalue weighted by atomic mass is 10.2. The van der Waals surface area contributed by atoms with Crippen LogP contribution in [0.25, 0.3) is 29.1 Å². The summed E-state index contributed by atoms with van der Waals surface area (Å²) in [6.45, 7) is 1.86. The number of aromatic nitrogens is 6. The Bertz CT molecular complexity index is 1090. The predicted octanol–water partition coefficient (Wildman–Crippen LogP) is 3.01. The van der Waals surface area contributed by atoms with Crippen molar-refractivity contribution in [2.45, 2.75) is 6.92 Å². The molecule has 3 heterocycles. The molecule has 0 unspecified atom stereocenters. The molecule has 3 aromatic heterocycles. The summed E-state index contributed by atoms with van der Waals surface area (Å²) in [6, 6.07) is 11.8. The van der Waals surface area contributed by atoms with E-state index in [9.17, 15) is 0 Å². The van der Waals surface area contributed by atoms with Crippen molar-refractivity contribution in [3.8, 4) is 17.1 Å². The fraction of sp³-hybridized carbons (Fsp3) is 0.158. The highest BCUT2D eigenvalue weighted by molar-refractivity contribution is 5.67. The average molecular weight is 346 g/mol. The third-order valence-corrected chi connectivity index (χ3v) is 4.05. The molecule has 7 nitrogen and oxygen atoms in total. The lowest BCUT2D eigenvalue weighted by Crippen LogP contribution is -1.99. The van der Waals surface area contributed by atoms with Gasteiger partial charge in [0.25, 0.3) is 0 Å². The van der Waals surface area contributed by atoms with Gasteiger partial charge in [-0.25, -0.2) is 9.97 Å². The average Bonchev–Trinajstić information content (AvgIpc) is 3.24. The van der Waals surface area contributed by atoms with E-state index in [0.717, 1.165) is 22.9 Å². The molecule has 0 aliphatic rings. The standard InChI is InChI=1S/C19H18N6O/c1-13-20-19(26-3)11-18-22-16(23-25(13)18)9-10-17-21-15(12-24(17)2)14-7-5-4-6-8-14/h4-12H,1-3H3/b10-9+. The summed E-state index contributed by atoms with van der Waals surface area (Å²) in [7, 11) is 3.55. The number of hydrogen-bond acceptors (Lipinski definition) is 5. The van der Waals surface area contributed by atoms with Crippen LogP contribution in [0.3, 0.4) is 0 Å². The molecule has 0 spiro atoms. The van der Waals surface area contributed by atoms with Crippen LogP contribution in [-0.4, -0.2) is 36.2 Å². The Morgan fingerprint density at radius 3 is 2.62 bits per heavy atom. The lowest BCUT2D eigenvalue weighted by Gasteiger charge is -2.00. The van der Waals surface area contributed by atoms with Gasteiger partial charge in [-0.2, -0.15) is 9.50 Å². The summed E-state index contributed by atoms with van der Waals surface area (Å²) < 4.78 is 8.85. The van der Waals surface area contributed by atoms with Crippen LogP contribution in [0.4, 0.5) is 0 Å². The smallest absolute Gasteiger partial charge is 0.218 e. The van der Waals surface area contributed by atoms with E-state index in [2.05, 4.69) is 20.1 Å². The molecule has 0 amide bonds. The minimum atomic E-state index is 0.523. The maximum absolute atomic E-state index is 5.18. The molecule has 0 fully saturated rings. The Morgan fingerprint density at radius 2 is 1.85 bits per heavy atom. The van der Waals surface area contributed by atoms with Crippen molar-refractivity contribution >= 4 is 17.8 Å². The summed E-state index contributed by atoms with van der Waals surface area (Å²) in [5.74, 6) is 2.66. The molecule has 0 atom stereocenters. The van der Waals surface area contributed by atoms with Crippen molar-refractivity contribution in [1.82, 2.24) is 29.1 Å². The molecule has 0 aliphatic heterocycles. The first-order valence-electron chi connectivity index (χ1n) is 8.19. The van der Waals surface area contributed by atoms with Crippen LogP contribution in [0.5, 0.6) is 5.88 Å². The molecule has 7 heteroatoms. The molecule has 0 saturated carbocycles. The molecule has 4 rings (SSSR count). The van der Waals surface area contributed by atoms with E-state index >= 15 is 0 Å². The molecule has 1 aromatic carbocycles. The third-order valence-electron chi connectivity index (χ3n) is 4.05. The Hall–Kier alpha value is -3.48. The number of fused-ring (bicyclic) bond motifs is 1. The van der Waals surface area contributed by atoms with Crippen LogP contribution in [0.15, 0.2) is 42.6 Å². The monoisotopic (exact) mass is 346 g/mol. The van der Waals surface area contributed by atoms with Crippen molar-refractivity contribution in [3.63, 3.8) is 0 Å². The third kappa shape index (κ3) is 2.95. The van der Waals surface area contributed by atoms with Gasteiger partial charge in [0, 0.05) is 24.9 Å². The zero-order valence-electron chi connectivity index (χ0n) is 14.8. The van der Waals surface area contributed by atoms with E-state index in [4.69, 9.17) is 4.74 Å². The number of hydrogen-bond donors (Lipinski definition) is 0. The molecule has 0 bridgehead atoms. The second-order valence-electron chi connectivity index (χ2n) is 5.88. The van der Waals surface area contributed by atoms with E-state index in [1.54, 1.807) is 17.7 Å². The number of rotatable bonds is 4. The van der Waals surface area contributed by atoms with E-state index in [1.165, 1.54) is 0 Å². The van der Waals surface area contributed by atoms with Crippen LogP contribution in [-0.2, 0) is 7.05 Å². The normalized spacial score (nSPS) is 11.5. The molecular weight excluding hydrogens is 328 g/mol. The molecule has 0 radical (unpaired) electrons. The van der Waals surface area contributed by atoms with E-state index in [1.807, 2.05) is 67.2 Å². The van der Waals surface area contributed by atoms with Gasteiger partial charge in [-0.05, 0) is 19.1 Å². The number of ether oxygens (including phenoxy) is 1. The minimum Gasteiger partial charge on any atom is -0.481 e. The first kappa shape index (κ1) is 16.0. The van der Waals surface area contributed by atoms with Crippen molar-refractivity contribution in [2.24, 2.45) is 7.05 Å². The fourth-order valence-electron chi connectivity index (χ4n) is 2.73. The van der Waals surface area contributed by atoms with Gasteiger partial charge in [0.2, 0.25) is 5.88 Å². The largest absolute Gasteiger partial charge is 0.481 e. The van der Waals surface area contributed by atoms with Gasteiger partial charge in [-0.15, -0.1) is 5.10 Å². The van der Waals surface area contributed by atoms with Crippen molar-refractivity contribution in [2.75, 3.05) is 7.11 Å². The van der Waals surface area contributed by atoms with E-state index in [0.29, 0.717) is 17.4 Å². The first-order chi connectivity index (χ1) is 12.6. The zero-order chi connectivity index (χ0) is 18.1. The van der Waals surface area contributed by atoms with Crippen LogP contribution < -0.4 is 4.74 Å². The van der Waals surface area contributed by atoms with Gasteiger partial charge < -0.3 is 9.30 Å². The summed E-state index contributed by atoms with van der Waals surface area (Å²) >= 11 is 0. The van der Waals surface area contributed by atoms with Gasteiger partial charge in [0.15, 0.2) is 11.5 Å². The molecule has 0 aliphatic carbocycles. The van der Waals surface area contributed by atoms with Gasteiger partial charge in [0.1, 0.15) is 11.6 Å². The van der Waals surface area contributed by atoms with E-state index < -0.39 is 0 Å². The van der Waals surface area contributed by atoms with Crippen molar-refractivity contribution in [1.29, 1.82) is 0 Å². The minimum absolute atomic E-state index is 0.523. The number of nitrogens with zero attached hydrogens (tertiary/aromatic N) is 6. The molecule has 130 valence electrons. The number of aryl methyl sites for hydroxylation is 2. The highest BCUT2D eigenvalue weighted by Crippen LogP contribution is 2.19. The number of imidazole rings is 1. The molecule has 0 N–H and O–H groups in total. The second kappa shape index (κ2) is 6.44. The SMILES string of the molecule is COc1cc2nc(/C=C/c3nc(-c4ccccc4)cn3C)nn2c(C)n1. The Kier molecular flexibility index (Phi) is 3.96. The lowest BCUT2D eigenvalue weighted by molar-refractivity contribution is 0.395. The van der Waals surface area contributed by atoms with Crippen molar-refractivity contribution < 1.29 is 4.74 Å². The first-order valence-corrected chi connectivity index (χ1v) is 8.19. The van der Waals surface area contributed by atoms with Gasteiger partial charge in [0.05, 0.1) is 12.8 Å².